The second-order valence-electron chi connectivity index (χ2n) is 1.02. The third-order valence-corrected chi connectivity index (χ3v) is 0.424. The molecule has 0 spiro atoms. The topological polar surface area (TPSA) is 26.3 Å². The second kappa shape index (κ2) is 2.81. The summed E-state index contributed by atoms with van der Waals surface area (Å²) in [5.41, 5.74) is 0. The molecule has 0 radical (unpaired) electrons. The number of hydrogen-bond donors (Lipinski definition) is 0. The molecule has 48 valence electrons. The van der Waals surface area contributed by atoms with Gasteiger partial charge in [-0.25, -0.2) is 0 Å². The number of carbonyl (C=O) groups is 1. The molecular weight excluding hydrogens is 141 g/mol. The van der Waals surface area contributed by atoms with Crippen LogP contribution in [0.4, 0.5) is 8.78 Å². The lowest BCUT2D eigenvalue weighted by Gasteiger charge is -2.02. The summed E-state index contributed by atoms with van der Waals surface area (Å²) in [7, 11) is 0. The summed E-state index contributed by atoms with van der Waals surface area (Å²) in [6.45, 7) is -1.16. The third kappa shape index (κ3) is 5.62. The summed E-state index contributed by atoms with van der Waals surface area (Å²) in [4.78, 5) is 9.24. The Morgan fingerprint density at radius 2 is 2.25 bits per heavy atom. The molecule has 0 unspecified atom stereocenters. The highest BCUT2D eigenvalue weighted by molar-refractivity contribution is 6.21. The van der Waals surface area contributed by atoms with E-state index in [1.165, 1.54) is 0 Å². The van der Waals surface area contributed by atoms with Gasteiger partial charge in [-0.15, -0.1) is 0 Å². The molecule has 0 aliphatic heterocycles. The molecule has 0 aliphatic carbocycles. The molecule has 0 amide bonds. The van der Waals surface area contributed by atoms with Crippen LogP contribution < -0.4 is 0 Å². The van der Waals surface area contributed by atoms with E-state index >= 15 is 0 Å². The van der Waals surface area contributed by atoms with Gasteiger partial charge in [-0.3, -0.25) is 4.79 Å². The highest BCUT2D eigenvalue weighted by Gasteiger charge is 2.24. The molecule has 0 saturated heterocycles. The van der Waals surface area contributed by atoms with E-state index in [-0.39, 0.29) is 6.47 Å². The molecule has 0 heterocycles. The average Bonchev–Trinajstić information content (AvgIpc) is 1.59. The SMILES string of the molecule is O=COCC(F)(F)Cl. The van der Waals surface area contributed by atoms with Crippen LogP contribution >= 0.6 is 11.6 Å². The van der Waals surface area contributed by atoms with E-state index in [0.29, 0.717) is 0 Å². The predicted octanol–water partition coefficient (Wildman–Crippen LogP) is 0.991. The number of carbonyl (C=O) groups excluding carboxylic acids is 1. The molecule has 0 atom stereocenters. The molecule has 0 fully saturated rings. The van der Waals surface area contributed by atoms with Crippen LogP contribution in [0.5, 0.6) is 0 Å². The standard InChI is InChI=1S/C3H3ClF2O2/c4-3(5,6)1-8-2-7/h2H,1H2. The van der Waals surface area contributed by atoms with Crippen molar-refractivity contribution in [3.8, 4) is 0 Å². The molecular formula is C3H3ClF2O2. The highest BCUT2D eigenvalue weighted by atomic mass is 35.5. The van der Waals surface area contributed by atoms with Gasteiger partial charge in [0.25, 0.3) is 6.47 Å². The summed E-state index contributed by atoms with van der Waals surface area (Å²) in [5, 5.41) is -3.43. The zero-order valence-corrected chi connectivity index (χ0v) is 4.49. The summed E-state index contributed by atoms with van der Waals surface area (Å²) < 4.78 is 26.4. The van der Waals surface area contributed by atoms with Crippen LogP contribution in [-0.2, 0) is 9.53 Å². The van der Waals surface area contributed by atoms with Crippen LogP contribution in [0.25, 0.3) is 0 Å². The first-order chi connectivity index (χ1) is 3.56. The molecule has 0 aromatic heterocycles. The quantitative estimate of drug-likeness (QED) is 0.436. The minimum absolute atomic E-state index is 0.0870. The van der Waals surface area contributed by atoms with Crippen LogP contribution in [0.2, 0.25) is 0 Å². The number of rotatable bonds is 3. The van der Waals surface area contributed by atoms with E-state index in [9.17, 15) is 13.6 Å². The van der Waals surface area contributed by atoms with Crippen molar-refractivity contribution in [2.45, 2.75) is 5.38 Å². The van der Waals surface area contributed by atoms with Gasteiger partial charge in [0, 0.05) is 0 Å². The summed E-state index contributed by atoms with van der Waals surface area (Å²) in [6, 6.07) is 0. The first-order valence-electron chi connectivity index (χ1n) is 1.68. The van der Waals surface area contributed by atoms with Crippen LogP contribution in [0.1, 0.15) is 0 Å². The molecule has 0 aromatic rings. The number of alkyl halides is 3. The maximum absolute atomic E-state index is 11.4. The minimum atomic E-state index is -3.43. The Morgan fingerprint density at radius 3 is 2.38 bits per heavy atom. The Bertz CT molecular complexity index is 79.8. The molecule has 8 heavy (non-hydrogen) atoms. The fourth-order valence-electron chi connectivity index (χ4n) is 0.129. The van der Waals surface area contributed by atoms with Gasteiger partial charge in [-0.05, 0) is 11.6 Å². The second-order valence-corrected chi connectivity index (χ2v) is 1.58. The van der Waals surface area contributed by atoms with Crippen molar-refractivity contribution in [3.05, 3.63) is 0 Å². The van der Waals surface area contributed by atoms with E-state index in [2.05, 4.69) is 16.3 Å². The Kier molecular flexibility index (Phi) is 2.68. The van der Waals surface area contributed by atoms with Crippen molar-refractivity contribution in [1.29, 1.82) is 0 Å². The fraction of sp³-hybridized carbons (Fsp3) is 0.667. The molecule has 0 aromatic carbocycles. The van der Waals surface area contributed by atoms with Crippen molar-refractivity contribution in [1.82, 2.24) is 0 Å². The van der Waals surface area contributed by atoms with Gasteiger partial charge in [-0.1, -0.05) is 0 Å². The van der Waals surface area contributed by atoms with Crippen molar-refractivity contribution < 1.29 is 18.3 Å². The van der Waals surface area contributed by atoms with Gasteiger partial charge in [0.1, 0.15) is 0 Å². The van der Waals surface area contributed by atoms with Crippen LogP contribution in [0.15, 0.2) is 0 Å². The van der Waals surface area contributed by atoms with Crippen LogP contribution in [0, 0.1) is 0 Å². The number of hydrogen-bond acceptors (Lipinski definition) is 2. The molecule has 0 N–H and O–H groups in total. The molecule has 2 nitrogen and oxygen atoms in total. The first kappa shape index (κ1) is 7.62. The fourth-order valence-corrected chi connectivity index (χ4v) is 0.192. The van der Waals surface area contributed by atoms with Crippen molar-refractivity contribution in [2.24, 2.45) is 0 Å². The molecule has 0 bridgehead atoms. The van der Waals surface area contributed by atoms with Crippen molar-refractivity contribution >= 4 is 18.1 Å². The molecule has 0 saturated carbocycles. The largest absolute Gasteiger partial charge is 0.460 e. The van der Waals surface area contributed by atoms with Crippen molar-refractivity contribution in [2.75, 3.05) is 6.61 Å². The van der Waals surface area contributed by atoms with E-state index in [4.69, 9.17) is 0 Å². The lowest BCUT2D eigenvalue weighted by atomic mass is 10.8. The Labute approximate surface area is 49.4 Å². The van der Waals surface area contributed by atoms with Crippen molar-refractivity contribution in [3.63, 3.8) is 0 Å². The lowest BCUT2D eigenvalue weighted by molar-refractivity contribution is -0.134. The van der Waals surface area contributed by atoms with E-state index in [1.54, 1.807) is 0 Å². The smallest absolute Gasteiger partial charge is 0.355 e. The van der Waals surface area contributed by atoms with Crippen LogP contribution in [0.3, 0.4) is 0 Å². The molecule has 0 rings (SSSR count). The van der Waals surface area contributed by atoms with Gasteiger partial charge in [0.05, 0.1) is 0 Å². The minimum Gasteiger partial charge on any atom is -0.460 e. The maximum atomic E-state index is 11.4. The highest BCUT2D eigenvalue weighted by Crippen LogP contribution is 2.17. The molecule has 0 aliphatic rings. The summed E-state index contributed by atoms with van der Waals surface area (Å²) in [5.74, 6) is 0. The average molecular weight is 145 g/mol. The van der Waals surface area contributed by atoms with E-state index < -0.39 is 12.0 Å². The normalized spacial score (nSPS) is 10.9. The number of halogens is 3. The van der Waals surface area contributed by atoms with Gasteiger partial charge >= 0.3 is 5.38 Å². The summed E-state index contributed by atoms with van der Waals surface area (Å²) in [6.07, 6.45) is 0. The molecule has 5 heteroatoms. The Balaban J connectivity index is 3.24. The zero-order chi connectivity index (χ0) is 6.62. The van der Waals surface area contributed by atoms with Gasteiger partial charge in [0.2, 0.25) is 0 Å². The van der Waals surface area contributed by atoms with E-state index in [1.807, 2.05) is 0 Å². The third-order valence-electron chi connectivity index (χ3n) is 0.315. The van der Waals surface area contributed by atoms with Crippen LogP contribution in [-0.4, -0.2) is 18.5 Å². The maximum Gasteiger partial charge on any atom is 0.355 e. The number of ether oxygens (including phenoxy) is 1. The summed E-state index contributed by atoms with van der Waals surface area (Å²) >= 11 is 4.29. The Hall–Kier alpha value is -0.380. The van der Waals surface area contributed by atoms with E-state index in [0.717, 1.165) is 0 Å². The first-order valence-corrected chi connectivity index (χ1v) is 2.06. The Morgan fingerprint density at radius 1 is 1.75 bits per heavy atom. The monoisotopic (exact) mass is 144 g/mol. The van der Waals surface area contributed by atoms with Gasteiger partial charge < -0.3 is 4.74 Å². The van der Waals surface area contributed by atoms with Gasteiger partial charge in [0.15, 0.2) is 6.61 Å². The zero-order valence-electron chi connectivity index (χ0n) is 3.73. The lowest BCUT2D eigenvalue weighted by Crippen LogP contribution is -2.14. The van der Waals surface area contributed by atoms with Gasteiger partial charge in [-0.2, -0.15) is 8.78 Å². The predicted molar refractivity (Wildman–Crippen MR) is 22.8 cm³/mol.